The van der Waals surface area contributed by atoms with Gasteiger partial charge in [-0.15, -0.1) is 0 Å². The number of nitrogens with one attached hydrogen (secondary N) is 1. The van der Waals surface area contributed by atoms with Crippen LogP contribution in [0, 0.1) is 28.6 Å². The van der Waals surface area contributed by atoms with Gasteiger partial charge in [-0.3, -0.25) is 9.59 Å². The van der Waals surface area contributed by atoms with Crippen molar-refractivity contribution in [3.63, 3.8) is 0 Å². The molecule has 1 spiro atoms. The number of aliphatic hydroxyl groups excluding tert-OH is 1. The lowest BCUT2D eigenvalue weighted by Gasteiger charge is -2.47. The minimum absolute atomic E-state index is 0.0143. The maximum absolute atomic E-state index is 14.2. The van der Waals surface area contributed by atoms with Gasteiger partial charge < -0.3 is 29.7 Å². The highest BCUT2D eigenvalue weighted by atomic mass is 16.7. The molecule has 8 atom stereocenters. The van der Waals surface area contributed by atoms with Gasteiger partial charge in [-0.1, -0.05) is 24.3 Å². The van der Waals surface area contributed by atoms with Crippen LogP contribution in [0.15, 0.2) is 42.0 Å². The molecule has 8 nitrogen and oxygen atoms in total. The maximum Gasteiger partial charge on any atom is 0.231 e. The predicted molar refractivity (Wildman–Crippen MR) is 138 cm³/mol. The average molecular weight is 524 g/mol. The fraction of sp³-hybridized carbons (Fsp3) is 0.600. The monoisotopic (exact) mass is 523 g/mol. The Kier molecular flexibility index (Phi) is 5.83. The molecule has 5 aliphatic rings. The van der Waals surface area contributed by atoms with Gasteiger partial charge in [0.15, 0.2) is 11.5 Å². The third-order valence-electron chi connectivity index (χ3n) is 10.5. The minimum atomic E-state index is -1.20. The number of Topliss-reactive ketones (excluding diaryl/α,β-unsaturated/α-hetero) is 1. The Morgan fingerprint density at radius 2 is 2.03 bits per heavy atom. The van der Waals surface area contributed by atoms with Crippen molar-refractivity contribution in [2.45, 2.75) is 63.8 Å². The lowest BCUT2D eigenvalue weighted by molar-refractivity contribution is -0.152. The van der Waals surface area contributed by atoms with Crippen molar-refractivity contribution in [2.75, 3.05) is 20.4 Å². The maximum atomic E-state index is 14.2. The fourth-order valence-corrected chi connectivity index (χ4v) is 8.44. The highest BCUT2D eigenvalue weighted by Crippen LogP contribution is 2.73. The number of allylic oxidation sites excluding steroid dienone is 1. The van der Waals surface area contributed by atoms with E-state index < -0.39 is 40.5 Å². The van der Waals surface area contributed by atoms with Crippen LogP contribution < -0.4 is 14.8 Å². The van der Waals surface area contributed by atoms with Crippen LogP contribution in [0.1, 0.15) is 45.1 Å². The van der Waals surface area contributed by atoms with Gasteiger partial charge in [0.25, 0.3) is 0 Å². The van der Waals surface area contributed by atoms with Gasteiger partial charge in [0.1, 0.15) is 11.9 Å². The number of carbonyl (C=O) groups is 2. The molecule has 2 bridgehead atoms. The first-order valence-corrected chi connectivity index (χ1v) is 13.6. The molecule has 3 saturated carbocycles. The van der Waals surface area contributed by atoms with Gasteiger partial charge in [0.2, 0.25) is 12.7 Å². The Morgan fingerprint density at radius 1 is 1.26 bits per heavy atom. The molecule has 1 heterocycles. The number of rotatable bonds is 6. The fourth-order valence-electron chi connectivity index (χ4n) is 8.44. The van der Waals surface area contributed by atoms with Crippen LogP contribution in [0.25, 0.3) is 0 Å². The molecule has 1 unspecified atom stereocenters. The van der Waals surface area contributed by atoms with E-state index in [1.807, 2.05) is 24.3 Å². The van der Waals surface area contributed by atoms with Gasteiger partial charge in [-0.25, -0.2) is 0 Å². The van der Waals surface area contributed by atoms with Gasteiger partial charge in [0, 0.05) is 19.6 Å². The van der Waals surface area contributed by atoms with Crippen LogP contribution >= 0.6 is 0 Å². The topological polar surface area (TPSA) is 114 Å². The summed E-state index contributed by atoms with van der Waals surface area (Å²) in [7, 11) is 1.54. The van der Waals surface area contributed by atoms with Crippen molar-refractivity contribution >= 4 is 11.7 Å². The van der Waals surface area contributed by atoms with Crippen LogP contribution in [-0.4, -0.2) is 60.2 Å². The number of hydrogen-bond donors (Lipinski definition) is 3. The molecule has 6 rings (SSSR count). The van der Waals surface area contributed by atoms with Crippen LogP contribution in [0.2, 0.25) is 0 Å². The smallest absolute Gasteiger partial charge is 0.231 e. The summed E-state index contributed by atoms with van der Waals surface area (Å²) >= 11 is 0. The van der Waals surface area contributed by atoms with E-state index in [1.54, 1.807) is 6.92 Å². The SMILES string of the molecule is C=C1C[C@]23C[C@@]1(O)CC[C@H]2C1=C[C@@H](OC)[C@H](O)[C@@](C)(C(C)=O)C1[C@@H]3C(=O)NCCc1ccc2c(c1)OCO2. The van der Waals surface area contributed by atoms with E-state index >= 15 is 0 Å². The number of carbonyl (C=O) groups excluding carboxylic acids is 2. The van der Waals surface area contributed by atoms with E-state index in [4.69, 9.17) is 14.2 Å². The summed E-state index contributed by atoms with van der Waals surface area (Å²) in [6.07, 6.45) is 3.11. The van der Waals surface area contributed by atoms with Gasteiger partial charge in [-0.2, -0.15) is 0 Å². The number of benzene rings is 1. The van der Waals surface area contributed by atoms with Gasteiger partial charge >= 0.3 is 0 Å². The first-order chi connectivity index (χ1) is 18.0. The van der Waals surface area contributed by atoms with Crippen molar-refractivity contribution in [3.05, 3.63) is 47.6 Å². The van der Waals surface area contributed by atoms with E-state index in [1.165, 1.54) is 14.0 Å². The summed E-state index contributed by atoms with van der Waals surface area (Å²) in [6, 6.07) is 5.76. The third kappa shape index (κ3) is 3.39. The predicted octanol–water partition coefficient (Wildman–Crippen LogP) is 2.71. The molecule has 3 fully saturated rings. The zero-order chi connectivity index (χ0) is 27.0. The number of fused-ring (bicyclic) bond motifs is 4. The molecule has 1 amide bonds. The molecule has 8 heteroatoms. The second-order valence-electron chi connectivity index (χ2n) is 12.1. The second-order valence-corrected chi connectivity index (χ2v) is 12.1. The number of ketones is 1. The standard InChI is InChI=1S/C30H37NO7/c1-16-13-29-14-30(16,35)9-7-20(29)19-12-23(36-4)26(33)28(3,17(2)32)24(19)25(29)27(34)31-10-8-18-5-6-21-22(11-18)38-15-37-21/h5-6,11-12,20,23-26,33,35H,1,7-10,13-15H2,2-4H3,(H,31,34)/t20-,23+,24?,25+,26-,28-,29-,30-/m0/s1. The lowest BCUT2D eigenvalue weighted by Crippen LogP contribution is -2.57. The molecule has 0 saturated heterocycles. The van der Waals surface area contributed by atoms with Crippen LogP contribution in [0.4, 0.5) is 0 Å². The molecule has 38 heavy (non-hydrogen) atoms. The Bertz CT molecular complexity index is 1240. The number of aliphatic hydroxyl groups is 2. The molecule has 1 aromatic rings. The van der Waals surface area contributed by atoms with Crippen molar-refractivity contribution < 1.29 is 34.0 Å². The van der Waals surface area contributed by atoms with E-state index in [-0.39, 0.29) is 24.4 Å². The molecule has 204 valence electrons. The molecule has 3 N–H and O–H groups in total. The highest BCUT2D eigenvalue weighted by Gasteiger charge is 2.73. The quantitative estimate of drug-likeness (QED) is 0.491. The zero-order valence-electron chi connectivity index (χ0n) is 22.3. The van der Waals surface area contributed by atoms with Crippen molar-refractivity contribution in [3.8, 4) is 11.5 Å². The number of hydrogen-bond acceptors (Lipinski definition) is 7. The summed E-state index contributed by atoms with van der Waals surface area (Å²) in [5, 5.41) is 26.0. The lowest BCUT2D eigenvalue weighted by atomic mass is 9.58. The molecule has 1 aromatic carbocycles. The molecular weight excluding hydrogens is 486 g/mol. The number of methoxy groups -OCH3 is 1. The van der Waals surface area contributed by atoms with Crippen molar-refractivity contribution in [1.82, 2.24) is 5.32 Å². The third-order valence-corrected chi connectivity index (χ3v) is 10.5. The van der Waals surface area contributed by atoms with Crippen LogP contribution in [0.3, 0.4) is 0 Å². The molecule has 4 aliphatic carbocycles. The largest absolute Gasteiger partial charge is 0.454 e. The number of ether oxygens (including phenoxy) is 3. The van der Waals surface area contributed by atoms with E-state index in [0.29, 0.717) is 50.1 Å². The van der Waals surface area contributed by atoms with E-state index in [0.717, 1.165) is 16.7 Å². The summed E-state index contributed by atoms with van der Waals surface area (Å²) < 4.78 is 16.5. The molecular formula is C30H37NO7. The van der Waals surface area contributed by atoms with Gasteiger partial charge in [0.05, 0.1) is 23.0 Å². The van der Waals surface area contributed by atoms with E-state index in [9.17, 15) is 19.8 Å². The summed E-state index contributed by atoms with van der Waals surface area (Å²) in [4.78, 5) is 27.4. The second kappa shape index (κ2) is 8.66. The van der Waals surface area contributed by atoms with Crippen molar-refractivity contribution in [2.24, 2.45) is 28.6 Å². The van der Waals surface area contributed by atoms with Gasteiger partial charge in [-0.05, 0) is 80.6 Å². The van der Waals surface area contributed by atoms with E-state index in [2.05, 4.69) is 11.9 Å². The van der Waals surface area contributed by atoms with Crippen LogP contribution in [0.5, 0.6) is 11.5 Å². The van der Waals surface area contributed by atoms with Crippen molar-refractivity contribution in [1.29, 1.82) is 0 Å². The minimum Gasteiger partial charge on any atom is -0.454 e. The Morgan fingerprint density at radius 3 is 2.76 bits per heavy atom. The average Bonchev–Trinajstić information content (AvgIpc) is 3.51. The first-order valence-electron chi connectivity index (χ1n) is 13.6. The number of amides is 1. The first kappa shape index (κ1) is 25.6. The Labute approximate surface area is 223 Å². The highest BCUT2D eigenvalue weighted by molar-refractivity contribution is 5.88. The summed E-state index contributed by atoms with van der Waals surface area (Å²) in [6.45, 7) is 8.11. The van der Waals surface area contributed by atoms with Crippen LogP contribution in [-0.2, 0) is 20.7 Å². The summed E-state index contributed by atoms with van der Waals surface area (Å²) in [5.74, 6) is 0.0663. The Balaban J connectivity index is 1.35. The molecule has 0 radical (unpaired) electrons. The molecule has 0 aromatic heterocycles. The zero-order valence-corrected chi connectivity index (χ0v) is 22.3. The normalized spacial score (nSPS) is 40.4. The molecule has 1 aliphatic heterocycles. The summed E-state index contributed by atoms with van der Waals surface area (Å²) in [5.41, 5.74) is 0.0594. The Hall–Kier alpha value is -2.68.